The Morgan fingerprint density at radius 2 is 0.762 bits per heavy atom. The van der Waals surface area contributed by atoms with Crippen molar-refractivity contribution in [3.8, 4) is 24.3 Å². The summed E-state index contributed by atoms with van der Waals surface area (Å²) in [6.45, 7) is -0.114. The van der Waals surface area contributed by atoms with Crippen molar-refractivity contribution in [1.29, 1.82) is 21.0 Å². The fraction of sp³-hybridized carbons (Fsp3) is 0.692. The molecule has 0 saturated heterocycles. The van der Waals surface area contributed by atoms with Crippen molar-refractivity contribution in [3.63, 3.8) is 0 Å². The molecule has 0 aromatic carbocycles. The first-order chi connectivity index (χ1) is 10.2. The summed E-state index contributed by atoms with van der Waals surface area (Å²) in [5, 5.41) is 34.0. The molecule has 0 fully saturated rings. The molecule has 0 radical (unpaired) electrons. The molecule has 112 valence electrons. The lowest BCUT2D eigenvalue weighted by Crippen LogP contribution is -2.42. The topological polar surface area (TPSA) is 132 Å². The lowest BCUT2D eigenvalue weighted by Gasteiger charge is -2.31. The molecular weight excluding hydrogens is 276 g/mol. The van der Waals surface area contributed by atoms with E-state index < -0.39 is 5.41 Å². The first-order valence-corrected chi connectivity index (χ1v) is 6.03. The van der Waals surface area contributed by atoms with Gasteiger partial charge in [0.05, 0.1) is 56.1 Å². The largest absolute Gasteiger partial charge is 0.366 e. The first-order valence-electron chi connectivity index (χ1n) is 6.03. The zero-order valence-corrected chi connectivity index (χ0v) is 11.6. The number of nitriles is 4. The average Bonchev–Trinajstić information content (AvgIpc) is 2.48. The summed E-state index contributed by atoms with van der Waals surface area (Å²) >= 11 is 0. The van der Waals surface area contributed by atoms with Crippen LogP contribution in [-0.2, 0) is 18.9 Å². The number of nitrogens with zero attached hydrogens (tertiary/aromatic N) is 4. The number of ether oxygens (including phenoxy) is 4. The summed E-state index contributed by atoms with van der Waals surface area (Å²) in [5.74, 6) is 0. The van der Waals surface area contributed by atoms with Gasteiger partial charge in [0.2, 0.25) is 0 Å². The first kappa shape index (κ1) is 18.8. The van der Waals surface area contributed by atoms with Gasteiger partial charge in [-0.05, 0) is 0 Å². The minimum atomic E-state index is -0.790. The van der Waals surface area contributed by atoms with Gasteiger partial charge < -0.3 is 18.9 Å². The summed E-state index contributed by atoms with van der Waals surface area (Å²) in [5.41, 5.74) is -0.790. The molecule has 0 unspecified atom stereocenters. The maximum atomic E-state index is 8.51. The van der Waals surface area contributed by atoms with Gasteiger partial charge in [-0.25, -0.2) is 0 Å². The van der Waals surface area contributed by atoms with Crippen LogP contribution in [0.3, 0.4) is 0 Å². The Bertz CT molecular complexity index is 356. The third-order valence-electron chi connectivity index (χ3n) is 2.30. The van der Waals surface area contributed by atoms with E-state index in [1.165, 1.54) is 0 Å². The van der Waals surface area contributed by atoms with Crippen LogP contribution >= 0.6 is 0 Å². The summed E-state index contributed by atoms with van der Waals surface area (Å²) < 4.78 is 20.8. The zero-order valence-electron chi connectivity index (χ0n) is 11.6. The van der Waals surface area contributed by atoms with Crippen LogP contribution in [0.2, 0.25) is 0 Å². The SMILES string of the molecule is N#CCOCC(COCC#N)(COCC#N)COCC#N. The van der Waals surface area contributed by atoms with Gasteiger partial charge in [0.1, 0.15) is 26.4 Å². The van der Waals surface area contributed by atoms with Crippen molar-refractivity contribution in [2.75, 3.05) is 52.9 Å². The van der Waals surface area contributed by atoms with Crippen LogP contribution in [0.5, 0.6) is 0 Å². The lowest BCUT2D eigenvalue weighted by molar-refractivity contribution is -0.0925. The van der Waals surface area contributed by atoms with Crippen LogP contribution in [-0.4, -0.2) is 52.9 Å². The van der Waals surface area contributed by atoms with Gasteiger partial charge in [-0.1, -0.05) is 0 Å². The summed E-state index contributed by atoms with van der Waals surface area (Å²) in [6, 6.07) is 7.36. The van der Waals surface area contributed by atoms with Gasteiger partial charge >= 0.3 is 0 Å². The van der Waals surface area contributed by atoms with Crippen LogP contribution in [0.1, 0.15) is 0 Å². The Morgan fingerprint density at radius 3 is 0.952 bits per heavy atom. The van der Waals surface area contributed by atoms with Crippen LogP contribution in [0.25, 0.3) is 0 Å². The van der Waals surface area contributed by atoms with Crippen molar-refractivity contribution < 1.29 is 18.9 Å². The highest BCUT2D eigenvalue weighted by molar-refractivity contribution is 4.83. The fourth-order valence-electron chi connectivity index (χ4n) is 1.50. The predicted octanol–water partition coefficient (Wildman–Crippen LogP) is 0.134. The van der Waals surface area contributed by atoms with Crippen LogP contribution in [0, 0.1) is 50.7 Å². The van der Waals surface area contributed by atoms with E-state index in [9.17, 15) is 0 Å². The van der Waals surface area contributed by atoms with Crippen molar-refractivity contribution >= 4 is 0 Å². The van der Waals surface area contributed by atoms with E-state index in [2.05, 4.69) is 0 Å². The second kappa shape index (κ2) is 12.8. The second-order valence-corrected chi connectivity index (χ2v) is 4.10. The third-order valence-corrected chi connectivity index (χ3v) is 2.30. The molecule has 0 N–H and O–H groups in total. The van der Waals surface area contributed by atoms with E-state index in [0.29, 0.717) is 0 Å². The van der Waals surface area contributed by atoms with Gasteiger partial charge in [0.15, 0.2) is 0 Å². The highest BCUT2D eigenvalue weighted by Crippen LogP contribution is 2.20. The molecule has 0 rings (SSSR count). The molecule has 0 amide bonds. The maximum absolute atomic E-state index is 8.51. The molecule has 21 heavy (non-hydrogen) atoms. The molecule has 8 heteroatoms. The molecule has 0 aliphatic rings. The van der Waals surface area contributed by atoms with Crippen LogP contribution < -0.4 is 0 Å². The van der Waals surface area contributed by atoms with E-state index >= 15 is 0 Å². The summed E-state index contributed by atoms with van der Waals surface area (Å²) in [6.07, 6.45) is 0. The Kier molecular flexibility index (Phi) is 11.5. The number of hydrogen-bond acceptors (Lipinski definition) is 8. The Labute approximate surface area is 123 Å². The Morgan fingerprint density at radius 1 is 0.524 bits per heavy atom. The normalized spacial score (nSPS) is 10.1. The van der Waals surface area contributed by atoms with E-state index in [1.54, 1.807) is 0 Å². The van der Waals surface area contributed by atoms with Crippen LogP contribution in [0.15, 0.2) is 0 Å². The summed E-state index contributed by atoms with van der Waals surface area (Å²) in [4.78, 5) is 0. The standard InChI is InChI=1S/C13H16N4O4/c14-1-5-18-9-13(10-19-6-2-15,11-20-7-3-16)12-21-8-4-17/h5-12H2. The molecule has 0 saturated carbocycles. The molecule has 0 aromatic heterocycles. The van der Waals surface area contributed by atoms with E-state index in [0.717, 1.165) is 0 Å². The Hall–Kier alpha value is -2.20. The molecule has 0 aliphatic heterocycles. The highest BCUT2D eigenvalue weighted by Gasteiger charge is 2.32. The molecule has 8 nitrogen and oxygen atoms in total. The monoisotopic (exact) mass is 292 g/mol. The van der Waals surface area contributed by atoms with Gasteiger partial charge in [0, 0.05) is 0 Å². The van der Waals surface area contributed by atoms with Gasteiger partial charge in [-0.3, -0.25) is 0 Å². The molecule has 0 spiro atoms. The molecule has 0 heterocycles. The zero-order chi connectivity index (χ0) is 15.8. The second-order valence-electron chi connectivity index (χ2n) is 4.10. The molecule has 0 aliphatic carbocycles. The quantitative estimate of drug-likeness (QED) is 0.464. The maximum Gasteiger partial charge on any atom is 0.133 e. The predicted molar refractivity (Wildman–Crippen MR) is 68.2 cm³/mol. The van der Waals surface area contributed by atoms with Gasteiger partial charge in [-0.15, -0.1) is 0 Å². The molecular formula is C13H16N4O4. The van der Waals surface area contributed by atoms with Crippen molar-refractivity contribution in [3.05, 3.63) is 0 Å². The van der Waals surface area contributed by atoms with Crippen LogP contribution in [0.4, 0.5) is 0 Å². The van der Waals surface area contributed by atoms with Crippen molar-refractivity contribution in [2.45, 2.75) is 0 Å². The molecule has 0 aromatic rings. The van der Waals surface area contributed by atoms with Crippen molar-refractivity contribution in [2.24, 2.45) is 5.41 Å². The average molecular weight is 292 g/mol. The highest BCUT2D eigenvalue weighted by atomic mass is 16.5. The van der Waals surface area contributed by atoms with Gasteiger partial charge in [0.25, 0.3) is 0 Å². The minimum absolute atomic E-state index is 0.0862. The lowest BCUT2D eigenvalue weighted by atomic mass is 9.92. The molecule has 0 atom stereocenters. The number of hydrogen-bond donors (Lipinski definition) is 0. The summed E-state index contributed by atoms with van der Waals surface area (Å²) in [7, 11) is 0. The number of rotatable bonds is 12. The third kappa shape index (κ3) is 9.35. The van der Waals surface area contributed by atoms with Crippen molar-refractivity contribution in [1.82, 2.24) is 0 Å². The van der Waals surface area contributed by atoms with E-state index in [1.807, 2.05) is 24.3 Å². The van der Waals surface area contributed by atoms with E-state index in [4.69, 9.17) is 40.0 Å². The fourth-order valence-corrected chi connectivity index (χ4v) is 1.50. The smallest absolute Gasteiger partial charge is 0.133 e. The van der Waals surface area contributed by atoms with E-state index in [-0.39, 0.29) is 52.9 Å². The minimum Gasteiger partial charge on any atom is -0.366 e. The Balaban J connectivity index is 4.71. The van der Waals surface area contributed by atoms with Gasteiger partial charge in [-0.2, -0.15) is 21.0 Å². The molecule has 0 bridgehead atoms.